The van der Waals surface area contributed by atoms with Crippen molar-refractivity contribution in [1.82, 2.24) is 9.88 Å². The molecule has 2 saturated carbocycles. The number of nitrogens with one attached hydrogen (secondary N) is 1. The van der Waals surface area contributed by atoms with Crippen LogP contribution in [0.3, 0.4) is 0 Å². The summed E-state index contributed by atoms with van der Waals surface area (Å²) in [7, 11) is 1.67. The summed E-state index contributed by atoms with van der Waals surface area (Å²) in [6.07, 6.45) is 8.23. The Labute approximate surface area is 281 Å². The second kappa shape index (κ2) is 12.5. The molecule has 3 aliphatic rings. The predicted molar refractivity (Wildman–Crippen MR) is 185 cm³/mol. The van der Waals surface area contributed by atoms with Gasteiger partial charge < -0.3 is 24.5 Å². The van der Waals surface area contributed by atoms with Gasteiger partial charge >= 0.3 is 5.97 Å². The average Bonchev–Trinajstić information content (AvgIpc) is 3.27. The molecular formula is C40H44N2O6. The Hall–Kier alpha value is -4.59. The van der Waals surface area contributed by atoms with E-state index in [1.807, 2.05) is 36.4 Å². The quantitative estimate of drug-likeness (QED) is 0.194. The molecule has 1 aliphatic heterocycles. The van der Waals surface area contributed by atoms with Crippen LogP contribution in [0.5, 0.6) is 11.5 Å². The Bertz CT molecular complexity index is 1890. The molecule has 0 atom stereocenters. The van der Waals surface area contributed by atoms with Crippen LogP contribution in [0.25, 0.3) is 22.2 Å². The Morgan fingerprint density at radius 3 is 2.40 bits per heavy atom. The molecule has 2 heterocycles. The maximum absolute atomic E-state index is 13.9. The fourth-order valence-corrected chi connectivity index (χ4v) is 7.85. The van der Waals surface area contributed by atoms with Gasteiger partial charge in [0, 0.05) is 34.5 Å². The first-order chi connectivity index (χ1) is 23.1. The summed E-state index contributed by atoms with van der Waals surface area (Å²) in [6.45, 7) is 4.49. The lowest BCUT2D eigenvalue weighted by molar-refractivity contribution is -0.142. The van der Waals surface area contributed by atoms with E-state index in [9.17, 15) is 19.5 Å². The van der Waals surface area contributed by atoms with Crippen molar-refractivity contribution in [1.29, 1.82) is 0 Å². The number of methoxy groups -OCH3 is 1. The predicted octanol–water partition coefficient (Wildman–Crippen LogP) is 7.58. The molecule has 2 aliphatic carbocycles. The zero-order valence-electron chi connectivity index (χ0n) is 28.1. The van der Waals surface area contributed by atoms with Gasteiger partial charge in [-0.2, -0.15) is 0 Å². The van der Waals surface area contributed by atoms with Crippen LogP contribution in [0.1, 0.15) is 98.2 Å². The normalized spacial score (nSPS) is 17.3. The smallest absolute Gasteiger partial charge is 0.313 e. The third kappa shape index (κ3) is 5.55. The summed E-state index contributed by atoms with van der Waals surface area (Å²) in [4.78, 5) is 39.3. The zero-order chi connectivity index (χ0) is 33.6. The molecule has 1 aromatic heterocycles. The molecule has 4 aromatic rings. The number of Topliss-reactive ketones (excluding diaryl/α,β-unsaturated/α-hetero) is 1. The summed E-state index contributed by atoms with van der Waals surface area (Å²) in [5.41, 5.74) is 4.68. The number of ether oxygens (including phenoxy) is 2. The van der Waals surface area contributed by atoms with E-state index in [-0.39, 0.29) is 18.1 Å². The number of nitrogens with zero attached hydrogens (tertiary/aromatic N) is 1. The van der Waals surface area contributed by atoms with Crippen LogP contribution in [0.4, 0.5) is 0 Å². The highest BCUT2D eigenvalue weighted by molar-refractivity contribution is 6.04. The fraction of sp³-hybridized carbons (Fsp3) is 0.425. The summed E-state index contributed by atoms with van der Waals surface area (Å²) < 4.78 is 14.1. The average molecular weight is 649 g/mol. The topological polar surface area (TPSA) is 107 Å². The van der Waals surface area contributed by atoms with Crippen molar-refractivity contribution in [2.75, 3.05) is 13.7 Å². The molecule has 8 heteroatoms. The van der Waals surface area contributed by atoms with E-state index in [0.29, 0.717) is 43.0 Å². The van der Waals surface area contributed by atoms with E-state index in [1.54, 1.807) is 33.1 Å². The van der Waals surface area contributed by atoms with Crippen molar-refractivity contribution >= 4 is 28.6 Å². The minimum Gasteiger partial charge on any atom is -0.497 e. The fourth-order valence-electron chi connectivity index (χ4n) is 7.85. The number of aromatic nitrogens is 1. The summed E-state index contributed by atoms with van der Waals surface area (Å²) in [5.74, 6) is 0.847. The Morgan fingerprint density at radius 2 is 1.73 bits per heavy atom. The van der Waals surface area contributed by atoms with Crippen LogP contribution in [0, 0.1) is 0 Å². The Morgan fingerprint density at radius 1 is 0.979 bits per heavy atom. The SMILES string of the molecule is COc1ccc2c(c1)OCCn1c-2c(C2CCCCC2)c2ccc(C(=O)NC3(C(=O)Cc4ccc(C(C)(C)C(=O)O)cc4)CCC3)cc21. The molecule has 0 unspecified atom stereocenters. The van der Waals surface area contributed by atoms with Crippen molar-refractivity contribution in [2.24, 2.45) is 0 Å². The number of rotatable bonds is 9. The van der Waals surface area contributed by atoms with E-state index in [0.717, 1.165) is 47.4 Å². The number of carboxylic acid groups (broad SMARTS) is 1. The summed E-state index contributed by atoms with van der Waals surface area (Å²) in [6, 6.07) is 19.3. The van der Waals surface area contributed by atoms with Gasteiger partial charge in [0.05, 0.1) is 30.3 Å². The third-order valence-corrected chi connectivity index (χ3v) is 11.1. The number of hydrogen-bond acceptors (Lipinski definition) is 5. The van der Waals surface area contributed by atoms with E-state index in [1.165, 1.54) is 35.9 Å². The van der Waals surface area contributed by atoms with Crippen molar-refractivity contribution in [3.8, 4) is 22.8 Å². The molecule has 0 spiro atoms. The van der Waals surface area contributed by atoms with Crippen molar-refractivity contribution in [3.63, 3.8) is 0 Å². The maximum Gasteiger partial charge on any atom is 0.313 e. The first kappa shape index (κ1) is 32.0. The largest absolute Gasteiger partial charge is 0.497 e. The molecule has 0 bridgehead atoms. The van der Waals surface area contributed by atoms with Crippen LogP contribution >= 0.6 is 0 Å². The molecule has 48 heavy (non-hydrogen) atoms. The first-order valence-electron chi connectivity index (χ1n) is 17.3. The van der Waals surface area contributed by atoms with Gasteiger partial charge in [-0.3, -0.25) is 14.4 Å². The second-order valence-electron chi connectivity index (χ2n) is 14.3. The summed E-state index contributed by atoms with van der Waals surface area (Å²) >= 11 is 0. The van der Waals surface area contributed by atoms with Gasteiger partial charge in [0.1, 0.15) is 18.1 Å². The molecule has 2 fully saturated rings. The molecule has 8 nitrogen and oxygen atoms in total. The Kier molecular flexibility index (Phi) is 8.30. The van der Waals surface area contributed by atoms with E-state index in [4.69, 9.17) is 9.47 Å². The molecule has 0 saturated heterocycles. The minimum atomic E-state index is -1.02. The standard InChI is InChI=1S/C40H44N2O6/c1-39(2,38(45)46)28-13-10-25(11-14-28)22-34(43)40(18-7-19-40)41-37(44)27-12-16-30-32(23-27)42-20-21-48-33-24-29(47-3)15-17-31(33)36(42)35(30)26-8-5-4-6-9-26/h10-17,23-24,26H,4-9,18-22H2,1-3H3,(H,41,44)(H,45,46). The van der Waals surface area contributed by atoms with Crippen molar-refractivity contribution in [2.45, 2.75) is 95.1 Å². The molecule has 3 aromatic carbocycles. The summed E-state index contributed by atoms with van der Waals surface area (Å²) in [5, 5.41) is 13.9. The number of fused-ring (bicyclic) bond motifs is 5. The van der Waals surface area contributed by atoms with E-state index in [2.05, 4.69) is 22.0 Å². The molecule has 0 radical (unpaired) electrons. The van der Waals surface area contributed by atoms with Crippen LogP contribution < -0.4 is 14.8 Å². The van der Waals surface area contributed by atoms with E-state index >= 15 is 0 Å². The third-order valence-electron chi connectivity index (χ3n) is 11.1. The van der Waals surface area contributed by atoms with Gasteiger partial charge in [0.2, 0.25) is 0 Å². The maximum atomic E-state index is 13.9. The molecule has 2 N–H and O–H groups in total. The molecule has 250 valence electrons. The number of aliphatic carboxylic acids is 1. The molecule has 7 rings (SSSR count). The van der Waals surface area contributed by atoms with Gasteiger partial charge in [-0.15, -0.1) is 0 Å². The number of carbonyl (C=O) groups excluding carboxylic acids is 2. The van der Waals surface area contributed by atoms with Crippen LogP contribution in [0.2, 0.25) is 0 Å². The first-order valence-corrected chi connectivity index (χ1v) is 17.3. The number of amides is 1. The Balaban J connectivity index is 1.19. The highest BCUT2D eigenvalue weighted by atomic mass is 16.5. The monoisotopic (exact) mass is 648 g/mol. The van der Waals surface area contributed by atoms with Gasteiger partial charge in [0.15, 0.2) is 5.78 Å². The zero-order valence-corrected chi connectivity index (χ0v) is 28.1. The lowest BCUT2D eigenvalue weighted by Gasteiger charge is -2.41. The number of ketones is 1. The number of carboxylic acids is 1. The number of hydrogen-bond donors (Lipinski definition) is 2. The highest BCUT2D eigenvalue weighted by Gasteiger charge is 2.45. The molecular weight excluding hydrogens is 604 g/mol. The van der Waals surface area contributed by atoms with Gasteiger partial charge in [0.25, 0.3) is 5.91 Å². The van der Waals surface area contributed by atoms with Crippen LogP contribution in [-0.2, 0) is 28.0 Å². The number of benzene rings is 3. The van der Waals surface area contributed by atoms with E-state index < -0.39 is 16.9 Å². The van der Waals surface area contributed by atoms with Gasteiger partial charge in [-0.05, 0) is 92.8 Å². The van der Waals surface area contributed by atoms with Crippen LogP contribution in [0.15, 0.2) is 60.7 Å². The lowest BCUT2D eigenvalue weighted by atomic mass is 9.72. The molecule has 1 amide bonds. The number of carbonyl (C=O) groups is 3. The van der Waals surface area contributed by atoms with Crippen LogP contribution in [-0.4, -0.2) is 46.6 Å². The highest BCUT2D eigenvalue weighted by Crippen LogP contribution is 2.48. The minimum absolute atomic E-state index is 0.0197. The van der Waals surface area contributed by atoms with Crippen molar-refractivity contribution < 1.29 is 29.0 Å². The van der Waals surface area contributed by atoms with Gasteiger partial charge in [-0.1, -0.05) is 49.6 Å². The lowest BCUT2D eigenvalue weighted by Crippen LogP contribution is -2.59. The second-order valence-corrected chi connectivity index (χ2v) is 14.3. The van der Waals surface area contributed by atoms with Gasteiger partial charge in [-0.25, -0.2) is 0 Å². The van der Waals surface area contributed by atoms with Crippen molar-refractivity contribution in [3.05, 3.63) is 82.9 Å².